The van der Waals surface area contributed by atoms with Crippen molar-refractivity contribution in [2.75, 3.05) is 12.3 Å². The Bertz CT molecular complexity index is 578. The Kier molecular flexibility index (Phi) is 3.80. The zero-order chi connectivity index (χ0) is 13.4. The number of anilines is 1. The maximum Gasteiger partial charge on any atom is 0.180 e. The zero-order valence-corrected chi connectivity index (χ0v) is 13.1. The number of likely N-dealkylation sites (tertiary alicyclic amines) is 1. The van der Waals surface area contributed by atoms with Gasteiger partial charge < -0.3 is 5.73 Å². The second kappa shape index (κ2) is 5.40. The van der Waals surface area contributed by atoms with Crippen molar-refractivity contribution in [3.8, 4) is 11.3 Å². The first-order valence-electron chi connectivity index (χ1n) is 6.37. The van der Waals surface area contributed by atoms with Crippen molar-refractivity contribution in [2.45, 2.75) is 32.4 Å². The Morgan fingerprint density at radius 3 is 3.05 bits per heavy atom. The molecule has 1 unspecified atom stereocenters. The minimum atomic E-state index is 0.638. The van der Waals surface area contributed by atoms with Crippen molar-refractivity contribution < 1.29 is 0 Å². The Hall–Kier alpha value is -0.620. The summed E-state index contributed by atoms with van der Waals surface area (Å²) in [7, 11) is 0. The highest BCUT2D eigenvalue weighted by Crippen LogP contribution is 2.35. The fourth-order valence-corrected chi connectivity index (χ4v) is 4.29. The predicted octanol–water partition coefficient (Wildman–Crippen LogP) is 4.09. The second-order valence-electron chi connectivity index (χ2n) is 4.93. The van der Waals surface area contributed by atoms with Gasteiger partial charge in [-0.25, -0.2) is 4.98 Å². The average Bonchev–Trinajstić information content (AvgIpc) is 3.03. The van der Waals surface area contributed by atoms with Gasteiger partial charge in [0.15, 0.2) is 5.13 Å². The van der Waals surface area contributed by atoms with Gasteiger partial charge in [-0.1, -0.05) is 11.6 Å². The molecule has 2 aromatic heterocycles. The average molecular weight is 314 g/mol. The molecule has 0 amide bonds. The molecule has 0 saturated carbocycles. The predicted molar refractivity (Wildman–Crippen MR) is 84.0 cm³/mol. The van der Waals surface area contributed by atoms with Gasteiger partial charge in [-0.15, -0.1) is 22.7 Å². The highest BCUT2D eigenvalue weighted by atomic mass is 35.5. The topological polar surface area (TPSA) is 42.1 Å². The van der Waals surface area contributed by atoms with Gasteiger partial charge in [0, 0.05) is 28.4 Å². The summed E-state index contributed by atoms with van der Waals surface area (Å²) in [6.45, 7) is 4.40. The molecule has 102 valence electrons. The number of rotatable bonds is 3. The SMILES string of the molecule is CC1CCCN1Cc1sc(N)nc1-c1csc(Cl)c1. The first-order chi connectivity index (χ1) is 9.13. The maximum atomic E-state index is 6.02. The molecule has 3 nitrogen and oxygen atoms in total. The number of halogens is 1. The van der Waals surface area contributed by atoms with Crippen LogP contribution in [0.2, 0.25) is 4.34 Å². The number of hydrogen-bond donors (Lipinski definition) is 1. The van der Waals surface area contributed by atoms with Crippen LogP contribution in [0, 0.1) is 0 Å². The summed E-state index contributed by atoms with van der Waals surface area (Å²) in [6, 6.07) is 2.62. The lowest BCUT2D eigenvalue weighted by molar-refractivity contribution is 0.263. The Morgan fingerprint density at radius 1 is 1.58 bits per heavy atom. The van der Waals surface area contributed by atoms with Gasteiger partial charge in [0.1, 0.15) is 0 Å². The van der Waals surface area contributed by atoms with E-state index in [2.05, 4.69) is 16.8 Å². The van der Waals surface area contributed by atoms with Gasteiger partial charge >= 0.3 is 0 Å². The van der Waals surface area contributed by atoms with Crippen LogP contribution in [0.3, 0.4) is 0 Å². The number of nitrogens with two attached hydrogens (primary N) is 1. The molecule has 0 bridgehead atoms. The van der Waals surface area contributed by atoms with Crippen LogP contribution in [-0.2, 0) is 6.54 Å². The number of aromatic nitrogens is 1. The summed E-state index contributed by atoms with van der Waals surface area (Å²) in [5.41, 5.74) is 7.98. The maximum absolute atomic E-state index is 6.02. The standard InChI is InChI=1S/C13H16ClN3S2/c1-8-3-2-4-17(8)6-10-12(16-13(15)19-10)9-5-11(14)18-7-9/h5,7-8H,2-4,6H2,1H3,(H2,15,16). The summed E-state index contributed by atoms with van der Waals surface area (Å²) in [5.74, 6) is 0. The minimum absolute atomic E-state index is 0.638. The first-order valence-corrected chi connectivity index (χ1v) is 8.44. The van der Waals surface area contributed by atoms with Crippen molar-refractivity contribution >= 4 is 39.4 Å². The normalized spacial score (nSPS) is 20.2. The lowest BCUT2D eigenvalue weighted by Crippen LogP contribution is -2.25. The van der Waals surface area contributed by atoms with Crippen molar-refractivity contribution in [2.24, 2.45) is 0 Å². The van der Waals surface area contributed by atoms with Crippen molar-refractivity contribution in [1.29, 1.82) is 0 Å². The number of thiophene rings is 1. The fraction of sp³-hybridized carbons (Fsp3) is 0.462. The molecule has 1 aliphatic rings. The van der Waals surface area contributed by atoms with E-state index >= 15 is 0 Å². The first kappa shape index (κ1) is 13.4. The Labute approximate surface area is 126 Å². The highest BCUT2D eigenvalue weighted by Gasteiger charge is 2.23. The van der Waals surface area contributed by atoms with Crippen LogP contribution in [0.4, 0.5) is 5.13 Å². The largest absolute Gasteiger partial charge is 0.375 e. The Morgan fingerprint density at radius 2 is 2.42 bits per heavy atom. The molecular weight excluding hydrogens is 298 g/mol. The lowest BCUT2D eigenvalue weighted by Gasteiger charge is -2.20. The molecule has 2 aromatic rings. The number of nitrogen functional groups attached to an aromatic ring is 1. The van der Waals surface area contributed by atoms with E-state index in [0.717, 1.165) is 22.1 Å². The highest BCUT2D eigenvalue weighted by molar-refractivity contribution is 7.16. The van der Waals surface area contributed by atoms with E-state index < -0.39 is 0 Å². The third kappa shape index (κ3) is 2.79. The second-order valence-corrected chi connectivity index (χ2v) is 7.58. The molecule has 1 aliphatic heterocycles. The molecular formula is C13H16ClN3S2. The van der Waals surface area contributed by atoms with Gasteiger partial charge in [-0.3, -0.25) is 4.90 Å². The molecule has 2 N–H and O–H groups in total. The van der Waals surface area contributed by atoms with Gasteiger partial charge in [-0.2, -0.15) is 0 Å². The third-order valence-corrected chi connectivity index (χ3v) is 5.55. The van der Waals surface area contributed by atoms with Crippen molar-refractivity contribution in [1.82, 2.24) is 9.88 Å². The van der Waals surface area contributed by atoms with Crippen LogP contribution in [0.1, 0.15) is 24.6 Å². The fourth-order valence-electron chi connectivity index (χ4n) is 2.55. The summed E-state index contributed by atoms with van der Waals surface area (Å²) in [4.78, 5) is 8.23. The van der Waals surface area contributed by atoms with Crippen molar-refractivity contribution in [3.63, 3.8) is 0 Å². The molecule has 0 aliphatic carbocycles. The van der Waals surface area contributed by atoms with Gasteiger partial charge in [0.2, 0.25) is 0 Å². The van der Waals surface area contributed by atoms with Crippen LogP contribution in [0.15, 0.2) is 11.4 Å². The monoisotopic (exact) mass is 313 g/mol. The van der Waals surface area contributed by atoms with Crippen molar-refractivity contribution in [3.05, 3.63) is 20.7 Å². The quantitative estimate of drug-likeness (QED) is 0.928. The lowest BCUT2D eigenvalue weighted by atomic mass is 10.2. The number of hydrogen-bond acceptors (Lipinski definition) is 5. The molecule has 0 spiro atoms. The van der Waals surface area contributed by atoms with E-state index in [0.29, 0.717) is 11.2 Å². The van der Waals surface area contributed by atoms with Crippen LogP contribution in [0.5, 0.6) is 0 Å². The van der Waals surface area contributed by atoms with E-state index in [1.165, 1.54) is 35.6 Å². The van der Waals surface area contributed by atoms with Crippen LogP contribution in [-0.4, -0.2) is 22.5 Å². The van der Waals surface area contributed by atoms with Crippen LogP contribution in [0.25, 0.3) is 11.3 Å². The molecule has 1 saturated heterocycles. The number of thiazole rings is 1. The molecule has 1 atom stereocenters. The molecule has 3 heterocycles. The minimum Gasteiger partial charge on any atom is -0.375 e. The van der Waals surface area contributed by atoms with Gasteiger partial charge in [0.25, 0.3) is 0 Å². The summed E-state index contributed by atoms with van der Waals surface area (Å²) < 4.78 is 0.794. The third-order valence-electron chi connectivity index (χ3n) is 3.59. The van der Waals surface area contributed by atoms with E-state index in [9.17, 15) is 0 Å². The van der Waals surface area contributed by atoms with Crippen LogP contribution < -0.4 is 5.73 Å². The number of nitrogens with zero attached hydrogens (tertiary/aromatic N) is 2. The summed E-state index contributed by atoms with van der Waals surface area (Å²) in [5, 5.41) is 2.69. The van der Waals surface area contributed by atoms with Crippen LogP contribution >= 0.6 is 34.3 Å². The molecule has 1 fully saturated rings. The van der Waals surface area contributed by atoms with E-state index in [-0.39, 0.29) is 0 Å². The molecule has 6 heteroatoms. The summed E-state index contributed by atoms with van der Waals surface area (Å²) in [6.07, 6.45) is 2.57. The van der Waals surface area contributed by atoms with Gasteiger partial charge in [-0.05, 0) is 32.4 Å². The van der Waals surface area contributed by atoms with E-state index in [1.54, 1.807) is 11.3 Å². The Balaban J connectivity index is 1.89. The smallest absolute Gasteiger partial charge is 0.180 e. The zero-order valence-electron chi connectivity index (χ0n) is 10.7. The molecule has 3 rings (SSSR count). The molecule has 0 radical (unpaired) electrons. The van der Waals surface area contributed by atoms with E-state index in [1.807, 2.05) is 11.4 Å². The van der Waals surface area contributed by atoms with Gasteiger partial charge in [0.05, 0.1) is 10.0 Å². The summed E-state index contributed by atoms with van der Waals surface area (Å²) >= 11 is 9.15. The molecule has 0 aromatic carbocycles. The van der Waals surface area contributed by atoms with E-state index in [4.69, 9.17) is 17.3 Å². The molecule has 19 heavy (non-hydrogen) atoms.